The van der Waals surface area contributed by atoms with Crippen molar-refractivity contribution in [2.45, 2.75) is 13.0 Å². The van der Waals surface area contributed by atoms with Crippen molar-refractivity contribution in [1.82, 2.24) is 5.32 Å². The lowest BCUT2D eigenvalue weighted by molar-refractivity contribution is -0.120. The van der Waals surface area contributed by atoms with Gasteiger partial charge in [0.25, 0.3) is 0 Å². The number of carbonyl (C=O) groups excluding carboxylic acids is 1. The first-order valence-corrected chi connectivity index (χ1v) is 6.04. The third kappa shape index (κ3) is 3.54. The van der Waals surface area contributed by atoms with Crippen molar-refractivity contribution in [2.24, 2.45) is 0 Å². The van der Waals surface area contributed by atoms with E-state index in [2.05, 4.69) is 5.32 Å². The largest absolute Gasteiger partial charge is 0.508 e. The molecule has 0 bridgehead atoms. The molecule has 2 aromatic carbocycles. The third-order valence-corrected chi connectivity index (χ3v) is 2.82. The number of nitrogens with one attached hydrogen (secondary N) is 1. The third-order valence-electron chi connectivity index (χ3n) is 2.82. The van der Waals surface area contributed by atoms with Crippen LogP contribution in [-0.4, -0.2) is 11.0 Å². The van der Waals surface area contributed by atoms with Gasteiger partial charge in [0.2, 0.25) is 5.91 Å². The molecule has 0 aliphatic rings. The van der Waals surface area contributed by atoms with Crippen molar-refractivity contribution in [2.75, 3.05) is 0 Å². The molecule has 2 rings (SSSR count). The number of amides is 1. The van der Waals surface area contributed by atoms with Gasteiger partial charge in [0.1, 0.15) is 5.75 Å². The van der Waals surface area contributed by atoms with E-state index >= 15 is 0 Å². The van der Waals surface area contributed by atoms with Crippen molar-refractivity contribution in [3.8, 4) is 5.75 Å². The second-order valence-electron chi connectivity index (χ2n) is 4.33. The molecule has 0 unspecified atom stereocenters. The van der Waals surface area contributed by atoms with E-state index in [1.165, 1.54) is 12.1 Å². The average molecular weight is 277 g/mol. The summed E-state index contributed by atoms with van der Waals surface area (Å²) in [5.41, 5.74) is 0.977. The van der Waals surface area contributed by atoms with Crippen molar-refractivity contribution in [3.63, 3.8) is 0 Å². The van der Waals surface area contributed by atoms with Gasteiger partial charge in [-0.15, -0.1) is 0 Å². The summed E-state index contributed by atoms with van der Waals surface area (Å²) in [5, 5.41) is 12.1. The van der Waals surface area contributed by atoms with Crippen LogP contribution < -0.4 is 5.32 Å². The number of hydrogen-bond acceptors (Lipinski definition) is 2. The van der Waals surface area contributed by atoms with Crippen molar-refractivity contribution in [3.05, 3.63) is 65.2 Å². The minimum Gasteiger partial charge on any atom is -0.508 e. The Labute approximate surface area is 114 Å². The highest BCUT2D eigenvalue weighted by Crippen LogP contribution is 2.16. The number of phenolic OH excluding ortho intramolecular Hbond substituents is 1. The first-order valence-electron chi connectivity index (χ1n) is 6.04. The molecular formula is C15H13F2NO2. The molecule has 0 aromatic heterocycles. The average Bonchev–Trinajstić information content (AvgIpc) is 2.43. The Bertz CT molecular complexity index is 629. The number of benzene rings is 2. The smallest absolute Gasteiger partial charge is 0.224 e. The zero-order valence-electron chi connectivity index (χ0n) is 10.6. The molecular weight excluding hydrogens is 264 g/mol. The van der Waals surface area contributed by atoms with Gasteiger partial charge < -0.3 is 10.4 Å². The molecule has 0 radical (unpaired) electrons. The summed E-state index contributed by atoms with van der Waals surface area (Å²) in [6, 6.07) is 9.98. The van der Waals surface area contributed by atoms with E-state index in [9.17, 15) is 18.7 Å². The maximum Gasteiger partial charge on any atom is 0.224 e. The van der Waals surface area contributed by atoms with Gasteiger partial charge in [-0.1, -0.05) is 24.3 Å². The van der Waals surface area contributed by atoms with E-state index in [1.807, 2.05) is 0 Å². The molecule has 0 spiro atoms. The number of carbonyl (C=O) groups is 1. The molecule has 1 amide bonds. The molecule has 3 nitrogen and oxygen atoms in total. The number of phenols is 1. The number of rotatable bonds is 4. The Balaban J connectivity index is 1.92. The first-order chi connectivity index (χ1) is 9.56. The standard InChI is InChI=1S/C15H13F2NO2/c16-12-6-5-10(7-13(12)17)9-18-15(20)8-11-3-1-2-4-14(11)19/h1-7,19H,8-9H2,(H,18,20). The lowest BCUT2D eigenvalue weighted by Crippen LogP contribution is -2.24. The summed E-state index contributed by atoms with van der Waals surface area (Å²) in [6.45, 7) is 0.101. The predicted octanol–water partition coefficient (Wildman–Crippen LogP) is 2.53. The lowest BCUT2D eigenvalue weighted by atomic mass is 10.1. The SMILES string of the molecule is O=C(Cc1ccccc1O)NCc1ccc(F)c(F)c1. The molecule has 20 heavy (non-hydrogen) atoms. The van der Waals surface area contributed by atoms with Crippen LogP contribution in [0, 0.1) is 11.6 Å². The minimum atomic E-state index is -0.947. The molecule has 104 valence electrons. The quantitative estimate of drug-likeness (QED) is 0.902. The number of hydrogen-bond donors (Lipinski definition) is 2. The summed E-state index contributed by atoms with van der Waals surface area (Å²) in [5.74, 6) is -2.13. The van der Waals surface area contributed by atoms with Gasteiger partial charge in [0.15, 0.2) is 11.6 Å². The number of para-hydroxylation sites is 1. The molecule has 2 N–H and O–H groups in total. The van der Waals surface area contributed by atoms with Crippen LogP contribution in [0.25, 0.3) is 0 Å². The molecule has 0 fully saturated rings. The number of halogens is 2. The molecule has 0 saturated heterocycles. The Hall–Kier alpha value is -2.43. The maximum absolute atomic E-state index is 13.0. The highest BCUT2D eigenvalue weighted by atomic mass is 19.2. The van der Waals surface area contributed by atoms with Crippen molar-refractivity contribution < 1.29 is 18.7 Å². The van der Waals surface area contributed by atoms with Crippen LogP contribution in [0.5, 0.6) is 5.75 Å². The molecule has 0 atom stereocenters. The topological polar surface area (TPSA) is 49.3 Å². The Morgan fingerprint density at radius 3 is 2.55 bits per heavy atom. The van der Waals surface area contributed by atoms with Crippen molar-refractivity contribution in [1.29, 1.82) is 0 Å². The van der Waals surface area contributed by atoms with E-state index in [1.54, 1.807) is 18.2 Å². The van der Waals surface area contributed by atoms with Gasteiger partial charge in [-0.25, -0.2) is 8.78 Å². The minimum absolute atomic E-state index is 0.0242. The maximum atomic E-state index is 13.0. The molecule has 0 heterocycles. The van der Waals surface area contributed by atoms with Crippen LogP contribution in [0.1, 0.15) is 11.1 Å². The normalized spacial score (nSPS) is 10.3. The van der Waals surface area contributed by atoms with Crippen LogP contribution in [0.3, 0.4) is 0 Å². The van der Waals surface area contributed by atoms with Crippen LogP contribution in [-0.2, 0) is 17.8 Å². The molecule has 5 heteroatoms. The van der Waals surface area contributed by atoms with Crippen LogP contribution in [0.4, 0.5) is 8.78 Å². The first kappa shape index (κ1) is 14.0. The van der Waals surface area contributed by atoms with Gasteiger partial charge in [0.05, 0.1) is 6.42 Å². The van der Waals surface area contributed by atoms with Gasteiger partial charge in [-0.2, -0.15) is 0 Å². The highest BCUT2D eigenvalue weighted by Gasteiger charge is 2.08. The van der Waals surface area contributed by atoms with Crippen molar-refractivity contribution >= 4 is 5.91 Å². The van der Waals surface area contributed by atoms with Crippen LogP contribution in [0.15, 0.2) is 42.5 Å². The van der Waals surface area contributed by atoms with Gasteiger partial charge in [-0.3, -0.25) is 4.79 Å². The fraction of sp³-hybridized carbons (Fsp3) is 0.133. The van der Waals surface area contributed by atoms with Gasteiger partial charge >= 0.3 is 0 Å². The lowest BCUT2D eigenvalue weighted by Gasteiger charge is -2.07. The summed E-state index contributed by atoms with van der Waals surface area (Å²) < 4.78 is 25.7. The second kappa shape index (κ2) is 6.14. The molecule has 0 aliphatic carbocycles. The Morgan fingerprint density at radius 1 is 1.10 bits per heavy atom. The van der Waals surface area contributed by atoms with E-state index in [4.69, 9.17) is 0 Å². The van der Waals surface area contributed by atoms with Gasteiger partial charge in [0, 0.05) is 12.1 Å². The fourth-order valence-corrected chi connectivity index (χ4v) is 1.75. The van der Waals surface area contributed by atoms with E-state index < -0.39 is 11.6 Å². The van der Waals surface area contributed by atoms with E-state index in [0.717, 1.165) is 12.1 Å². The summed E-state index contributed by atoms with van der Waals surface area (Å²) in [6.07, 6.45) is 0.0242. The summed E-state index contributed by atoms with van der Waals surface area (Å²) in [4.78, 5) is 11.7. The molecule has 0 saturated carbocycles. The Morgan fingerprint density at radius 2 is 1.85 bits per heavy atom. The van der Waals surface area contributed by atoms with E-state index in [-0.39, 0.29) is 24.6 Å². The van der Waals surface area contributed by atoms with E-state index in [0.29, 0.717) is 11.1 Å². The molecule has 2 aromatic rings. The summed E-state index contributed by atoms with van der Waals surface area (Å²) >= 11 is 0. The predicted molar refractivity (Wildman–Crippen MR) is 70.0 cm³/mol. The zero-order chi connectivity index (χ0) is 14.5. The molecule has 0 aliphatic heterocycles. The second-order valence-corrected chi connectivity index (χ2v) is 4.33. The van der Waals surface area contributed by atoms with Gasteiger partial charge in [-0.05, 0) is 23.8 Å². The fourth-order valence-electron chi connectivity index (χ4n) is 1.75. The Kier molecular flexibility index (Phi) is 4.30. The summed E-state index contributed by atoms with van der Waals surface area (Å²) in [7, 11) is 0. The zero-order valence-corrected chi connectivity index (χ0v) is 10.6. The van der Waals surface area contributed by atoms with Crippen LogP contribution >= 0.6 is 0 Å². The monoisotopic (exact) mass is 277 g/mol. The highest BCUT2D eigenvalue weighted by molar-refractivity contribution is 5.79. The number of aromatic hydroxyl groups is 1. The van der Waals surface area contributed by atoms with Crippen LogP contribution in [0.2, 0.25) is 0 Å².